The van der Waals surface area contributed by atoms with Crippen LogP contribution in [0.25, 0.3) is 16.6 Å². The van der Waals surface area contributed by atoms with E-state index in [1.54, 1.807) is 12.3 Å². The molecule has 0 aliphatic heterocycles. The van der Waals surface area contributed by atoms with E-state index in [0.717, 1.165) is 34.4 Å². The number of aromatic nitrogens is 3. The van der Waals surface area contributed by atoms with E-state index < -0.39 is 0 Å². The van der Waals surface area contributed by atoms with Crippen LogP contribution >= 0.6 is 0 Å². The number of para-hydroxylation sites is 1. The third-order valence-corrected chi connectivity index (χ3v) is 4.43. The SMILES string of the molecule is CCc1nc2ccc(C(=O)Nc3cccc4cccnc34)cn2c1C. The molecule has 0 radical (unpaired) electrons. The number of benzene rings is 1. The van der Waals surface area contributed by atoms with Crippen LogP contribution in [0.5, 0.6) is 0 Å². The maximum atomic E-state index is 12.7. The number of hydrogen-bond donors (Lipinski definition) is 1. The molecule has 1 aromatic carbocycles. The number of aryl methyl sites for hydroxylation is 2. The molecule has 3 heterocycles. The Labute approximate surface area is 145 Å². The van der Waals surface area contributed by atoms with E-state index in [9.17, 15) is 4.79 Å². The van der Waals surface area contributed by atoms with Gasteiger partial charge < -0.3 is 9.72 Å². The monoisotopic (exact) mass is 330 g/mol. The predicted octanol–water partition coefficient (Wildman–Crippen LogP) is 4.01. The van der Waals surface area contributed by atoms with Crippen LogP contribution < -0.4 is 5.32 Å². The van der Waals surface area contributed by atoms with Crippen LogP contribution in [0.1, 0.15) is 28.7 Å². The van der Waals surface area contributed by atoms with Crippen molar-refractivity contribution in [1.82, 2.24) is 14.4 Å². The Balaban J connectivity index is 1.71. The van der Waals surface area contributed by atoms with Crippen molar-refractivity contribution in [2.24, 2.45) is 0 Å². The summed E-state index contributed by atoms with van der Waals surface area (Å²) in [4.78, 5) is 21.7. The lowest BCUT2D eigenvalue weighted by Crippen LogP contribution is -2.13. The lowest BCUT2D eigenvalue weighted by molar-refractivity contribution is 0.102. The van der Waals surface area contributed by atoms with Crippen molar-refractivity contribution in [3.8, 4) is 0 Å². The fraction of sp³-hybridized carbons (Fsp3) is 0.150. The van der Waals surface area contributed by atoms with Crippen molar-refractivity contribution >= 4 is 28.1 Å². The smallest absolute Gasteiger partial charge is 0.257 e. The van der Waals surface area contributed by atoms with E-state index in [0.29, 0.717) is 11.3 Å². The predicted molar refractivity (Wildman–Crippen MR) is 99.0 cm³/mol. The number of fused-ring (bicyclic) bond motifs is 2. The zero-order chi connectivity index (χ0) is 17.4. The lowest BCUT2D eigenvalue weighted by Gasteiger charge is -2.08. The molecule has 0 spiro atoms. The van der Waals surface area contributed by atoms with Crippen molar-refractivity contribution in [3.05, 3.63) is 71.8 Å². The Morgan fingerprint density at radius 1 is 1.16 bits per heavy atom. The average Bonchev–Trinajstić information content (AvgIpc) is 2.97. The molecule has 0 atom stereocenters. The van der Waals surface area contributed by atoms with E-state index in [1.807, 2.05) is 53.9 Å². The Bertz CT molecular complexity index is 1090. The van der Waals surface area contributed by atoms with Crippen LogP contribution in [0.4, 0.5) is 5.69 Å². The zero-order valence-electron chi connectivity index (χ0n) is 14.2. The van der Waals surface area contributed by atoms with E-state index in [-0.39, 0.29) is 5.91 Å². The molecule has 0 aliphatic rings. The Hall–Kier alpha value is -3.21. The molecule has 1 amide bonds. The summed E-state index contributed by atoms with van der Waals surface area (Å²) in [5.41, 5.74) is 5.06. The molecule has 0 saturated carbocycles. The van der Waals surface area contributed by atoms with E-state index in [2.05, 4.69) is 22.2 Å². The molecular formula is C20H18N4O. The van der Waals surface area contributed by atoms with Gasteiger partial charge in [-0.05, 0) is 37.6 Å². The van der Waals surface area contributed by atoms with Crippen LogP contribution in [-0.2, 0) is 6.42 Å². The molecule has 0 unspecified atom stereocenters. The van der Waals surface area contributed by atoms with Gasteiger partial charge in [0.15, 0.2) is 0 Å². The number of carbonyl (C=O) groups excluding carboxylic acids is 1. The van der Waals surface area contributed by atoms with Gasteiger partial charge in [-0.2, -0.15) is 0 Å². The number of nitrogens with zero attached hydrogens (tertiary/aromatic N) is 3. The normalized spacial score (nSPS) is 11.1. The van der Waals surface area contributed by atoms with Crippen LogP contribution in [0.2, 0.25) is 0 Å². The van der Waals surface area contributed by atoms with Crippen molar-refractivity contribution in [1.29, 1.82) is 0 Å². The molecule has 3 aromatic heterocycles. The summed E-state index contributed by atoms with van der Waals surface area (Å²) in [5, 5.41) is 3.97. The summed E-state index contributed by atoms with van der Waals surface area (Å²) < 4.78 is 1.97. The first-order chi connectivity index (χ1) is 12.2. The number of pyridine rings is 2. The number of imidazole rings is 1. The second kappa shape index (κ2) is 6.02. The molecule has 0 saturated heterocycles. The summed E-state index contributed by atoms with van der Waals surface area (Å²) in [6, 6.07) is 13.3. The largest absolute Gasteiger partial charge is 0.320 e. The first kappa shape index (κ1) is 15.3. The van der Waals surface area contributed by atoms with Gasteiger partial charge in [0.25, 0.3) is 5.91 Å². The molecule has 5 heteroatoms. The molecule has 0 fully saturated rings. The highest BCUT2D eigenvalue weighted by Gasteiger charge is 2.12. The van der Waals surface area contributed by atoms with Crippen molar-refractivity contribution in [2.45, 2.75) is 20.3 Å². The van der Waals surface area contributed by atoms with Gasteiger partial charge in [-0.25, -0.2) is 4.98 Å². The summed E-state index contributed by atoms with van der Waals surface area (Å²) in [6.07, 6.45) is 4.44. The van der Waals surface area contributed by atoms with Gasteiger partial charge in [-0.15, -0.1) is 0 Å². The average molecular weight is 330 g/mol. The molecule has 25 heavy (non-hydrogen) atoms. The maximum absolute atomic E-state index is 12.7. The third-order valence-electron chi connectivity index (χ3n) is 4.43. The Morgan fingerprint density at radius 2 is 2.00 bits per heavy atom. The van der Waals surface area contributed by atoms with Crippen LogP contribution in [-0.4, -0.2) is 20.3 Å². The zero-order valence-corrected chi connectivity index (χ0v) is 14.2. The molecule has 1 N–H and O–H groups in total. The van der Waals surface area contributed by atoms with Gasteiger partial charge in [0.2, 0.25) is 0 Å². The molecule has 0 bridgehead atoms. The minimum Gasteiger partial charge on any atom is -0.320 e. The van der Waals surface area contributed by atoms with Gasteiger partial charge in [0, 0.05) is 23.5 Å². The summed E-state index contributed by atoms with van der Waals surface area (Å²) in [5.74, 6) is -0.161. The standard InChI is InChI=1S/C20H18N4O/c1-3-16-13(2)24-12-15(9-10-18(24)22-16)20(25)23-17-8-4-6-14-7-5-11-21-19(14)17/h4-12H,3H2,1-2H3,(H,23,25). The highest BCUT2D eigenvalue weighted by Crippen LogP contribution is 2.21. The van der Waals surface area contributed by atoms with Crippen molar-refractivity contribution in [3.63, 3.8) is 0 Å². The summed E-state index contributed by atoms with van der Waals surface area (Å²) >= 11 is 0. The fourth-order valence-electron chi connectivity index (χ4n) is 3.08. The molecular weight excluding hydrogens is 312 g/mol. The van der Waals surface area contributed by atoms with Crippen LogP contribution in [0.3, 0.4) is 0 Å². The number of hydrogen-bond acceptors (Lipinski definition) is 3. The quantitative estimate of drug-likeness (QED) is 0.617. The minimum atomic E-state index is -0.161. The Kier molecular flexibility index (Phi) is 3.69. The van der Waals surface area contributed by atoms with Gasteiger partial charge in [0.1, 0.15) is 5.65 Å². The Morgan fingerprint density at radius 3 is 2.84 bits per heavy atom. The molecule has 4 aromatic rings. The van der Waals surface area contributed by atoms with Crippen molar-refractivity contribution < 1.29 is 4.79 Å². The third kappa shape index (κ3) is 2.63. The number of nitrogens with one attached hydrogen (secondary N) is 1. The highest BCUT2D eigenvalue weighted by atomic mass is 16.1. The van der Waals surface area contributed by atoms with Gasteiger partial charge in [-0.3, -0.25) is 9.78 Å². The van der Waals surface area contributed by atoms with Gasteiger partial charge in [-0.1, -0.05) is 25.1 Å². The van der Waals surface area contributed by atoms with Crippen LogP contribution in [0, 0.1) is 6.92 Å². The second-order valence-corrected chi connectivity index (χ2v) is 5.98. The molecule has 0 aliphatic carbocycles. The van der Waals surface area contributed by atoms with Crippen LogP contribution in [0.15, 0.2) is 54.9 Å². The number of anilines is 1. The number of rotatable bonds is 3. The molecule has 124 valence electrons. The summed E-state index contributed by atoms with van der Waals surface area (Å²) in [6.45, 7) is 4.10. The molecule has 4 rings (SSSR count). The van der Waals surface area contributed by atoms with Crippen molar-refractivity contribution in [2.75, 3.05) is 5.32 Å². The number of carbonyl (C=O) groups is 1. The maximum Gasteiger partial charge on any atom is 0.257 e. The topological polar surface area (TPSA) is 59.3 Å². The first-order valence-corrected chi connectivity index (χ1v) is 8.30. The van der Waals surface area contributed by atoms with E-state index >= 15 is 0 Å². The lowest BCUT2D eigenvalue weighted by atomic mass is 10.2. The fourth-order valence-corrected chi connectivity index (χ4v) is 3.08. The number of amides is 1. The minimum absolute atomic E-state index is 0.161. The first-order valence-electron chi connectivity index (χ1n) is 8.30. The van der Waals surface area contributed by atoms with E-state index in [4.69, 9.17) is 0 Å². The summed E-state index contributed by atoms with van der Waals surface area (Å²) in [7, 11) is 0. The second-order valence-electron chi connectivity index (χ2n) is 5.98. The molecule has 5 nitrogen and oxygen atoms in total. The van der Waals surface area contributed by atoms with Gasteiger partial charge >= 0.3 is 0 Å². The van der Waals surface area contributed by atoms with Gasteiger partial charge in [0.05, 0.1) is 22.5 Å². The highest BCUT2D eigenvalue weighted by molar-refractivity contribution is 6.08. The van der Waals surface area contributed by atoms with E-state index in [1.165, 1.54) is 0 Å².